The van der Waals surface area contributed by atoms with E-state index in [-0.39, 0.29) is 24.4 Å². The Morgan fingerprint density at radius 2 is 1.95 bits per heavy atom. The summed E-state index contributed by atoms with van der Waals surface area (Å²) < 4.78 is 0. The molecule has 0 radical (unpaired) electrons. The molecule has 0 amide bonds. The number of Topliss-reactive ketones (excluding diaryl/α,β-unsaturated/α-hetero) is 1. The number of aromatic hydroxyl groups is 1. The molecule has 0 atom stereocenters. The molecule has 98 valence electrons. The van der Waals surface area contributed by atoms with Gasteiger partial charge in [0.15, 0.2) is 0 Å². The maximum absolute atomic E-state index is 11.9. The molecule has 0 aliphatic heterocycles. The monoisotopic (exact) mass is 295 g/mol. The number of aromatic nitrogens is 1. The van der Waals surface area contributed by atoms with E-state index in [4.69, 9.17) is 23.2 Å². The summed E-state index contributed by atoms with van der Waals surface area (Å²) in [6, 6.07) is 8.20. The highest BCUT2D eigenvalue weighted by molar-refractivity contribution is 6.42. The van der Waals surface area contributed by atoms with Gasteiger partial charge in [-0.05, 0) is 29.8 Å². The van der Waals surface area contributed by atoms with Gasteiger partial charge in [0, 0.05) is 12.6 Å². The Labute approximate surface area is 120 Å². The number of carbonyl (C=O) groups excluding carboxylic acids is 1. The van der Waals surface area contributed by atoms with Gasteiger partial charge in [0.05, 0.1) is 22.2 Å². The summed E-state index contributed by atoms with van der Waals surface area (Å²) in [5, 5.41) is 10.4. The average molecular weight is 296 g/mol. The van der Waals surface area contributed by atoms with Crippen LogP contribution < -0.4 is 0 Å². The van der Waals surface area contributed by atoms with Crippen LogP contribution in [0.25, 0.3) is 0 Å². The van der Waals surface area contributed by atoms with E-state index in [1.165, 1.54) is 6.07 Å². The smallest absolute Gasteiger partial charge is 0.143 e. The summed E-state index contributed by atoms with van der Waals surface area (Å²) in [4.78, 5) is 15.9. The number of ketones is 1. The van der Waals surface area contributed by atoms with Crippen molar-refractivity contribution >= 4 is 29.0 Å². The summed E-state index contributed by atoms with van der Waals surface area (Å²) in [5.41, 5.74) is 1.17. The Morgan fingerprint density at radius 1 is 1.16 bits per heavy atom. The van der Waals surface area contributed by atoms with Crippen LogP contribution >= 0.6 is 23.2 Å². The Balaban J connectivity index is 2.05. The zero-order chi connectivity index (χ0) is 13.8. The first-order chi connectivity index (χ1) is 9.06. The standard InChI is InChI=1S/C14H11Cl2NO2/c15-11-4-3-9(7-12(11)16)6-10(18)8-13-14(19)2-1-5-17-13/h1-5,7,19H,6,8H2. The summed E-state index contributed by atoms with van der Waals surface area (Å²) in [6.45, 7) is 0. The SMILES string of the molecule is O=C(Cc1ccc(Cl)c(Cl)c1)Cc1ncccc1O. The average Bonchev–Trinajstić information content (AvgIpc) is 2.37. The quantitative estimate of drug-likeness (QED) is 0.940. The van der Waals surface area contributed by atoms with E-state index in [0.29, 0.717) is 15.7 Å². The molecule has 0 saturated carbocycles. The topological polar surface area (TPSA) is 50.2 Å². The number of hydrogen-bond donors (Lipinski definition) is 1. The molecule has 0 aliphatic rings. The molecule has 3 nitrogen and oxygen atoms in total. The van der Waals surface area contributed by atoms with E-state index in [1.54, 1.807) is 30.5 Å². The van der Waals surface area contributed by atoms with Crippen LogP contribution in [0.2, 0.25) is 10.0 Å². The zero-order valence-electron chi connectivity index (χ0n) is 9.94. The fourth-order valence-electron chi connectivity index (χ4n) is 1.69. The highest BCUT2D eigenvalue weighted by Gasteiger charge is 2.10. The van der Waals surface area contributed by atoms with Crippen LogP contribution in [0.4, 0.5) is 0 Å². The van der Waals surface area contributed by atoms with Crippen molar-refractivity contribution in [2.45, 2.75) is 12.8 Å². The molecule has 2 aromatic rings. The first-order valence-corrected chi connectivity index (χ1v) is 6.40. The lowest BCUT2D eigenvalue weighted by atomic mass is 10.1. The maximum Gasteiger partial charge on any atom is 0.143 e. The van der Waals surface area contributed by atoms with Crippen molar-refractivity contribution in [1.82, 2.24) is 4.98 Å². The van der Waals surface area contributed by atoms with Gasteiger partial charge in [-0.2, -0.15) is 0 Å². The maximum atomic E-state index is 11.9. The summed E-state index contributed by atoms with van der Waals surface area (Å²) >= 11 is 11.7. The minimum Gasteiger partial charge on any atom is -0.506 e. The molecule has 1 N–H and O–H groups in total. The zero-order valence-corrected chi connectivity index (χ0v) is 11.4. The number of benzene rings is 1. The number of hydrogen-bond acceptors (Lipinski definition) is 3. The van der Waals surface area contributed by atoms with Crippen molar-refractivity contribution in [2.75, 3.05) is 0 Å². The third-order valence-electron chi connectivity index (χ3n) is 2.62. The largest absolute Gasteiger partial charge is 0.506 e. The van der Waals surface area contributed by atoms with E-state index >= 15 is 0 Å². The lowest BCUT2D eigenvalue weighted by molar-refractivity contribution is -0.117. The molecule has 0 aliphatic carbocycles. The van der Waals surface area contributed by atoms with Gasteiger partial charge in [-0.1, -0.05) is 29.3 Å². The van der Waals surface area contributed by atoms with Crippen LogP contribution in [0.3, 0.4) is 0 Å². The number of carbonyl (C=O) groups is 1. The molecule has 1 aromatic heterocycles. The predicted octanol–water partition coefficient (Wildman–Crippen LogP) is 3.45. The third kappa shape index (κ3) is 3.69. The van der Waals surface area contributed by atoms with Gasteiger partial charge < -0.3 is 5.11 Å². The van der Waals surface area contributed by atoms with Crippen molar-refractivity contribution in [3.8, 4) is 5.75 Å². The molecule has 0 spiro atoms. The summed E-state index contributed by atoms with van der Waals surface area (Å²) in [7, 11) is 0. The second kappa shape index (κ2) is 6.04. The van der Waals surface area contributed by atoms with Crippen molar-refractivity contribution in [3.05, 3.63) is 57.8 Å². The lowest BCUT2D eigenvalue weighted by Gasteiger charge is -2.04. The molecule has 1 heterocycles. The van der Waals surface area contributed by atoms with Gasteiger partial charge in [-0.25, -0.2) is 0 Å². The van der Waals surface area contributed by atoms with E-state index < -0.39 is 0 Å². The fourth-order valence-corrected chi connectivity index (χ4v) is 2.01. The van der Waals surface area contributed by atoms with Crippen LogP contribution in [0.1, 0.15) is 11.3 Å². The van der Waals surface area contributed by atoms with E-state index in [2.05, 4.69) is 4.98 Å². The first-order valence-electron chi connectivity index (χ1n) is 5.65. The second-order valence-electron chi connectivity index (χ2n) is 4.11. The van der Waals surface area contributed by atoms with E-state index in [1.807, 2.05) is 0 Å². The fraction of sp³-hybridized carbons (Fsp3) is 0.143. The molecule has 0 saturated heterocycles. The number of pyridine rings is 1. The van der Waals surface area contributed by atoms with Gasteiger partial charge in [0.2, 0.25) is 0 Å². The van der Waals surface area contributed by atoms with E-state index in [9.17, 15) is 9.90 Å². The van der Waals surface area contributed by atoms with Crippen LogP contribution in [0.15, 0.2) is 36.5 Å². The molecule has 1 aromatic carbocycles. The normalized spacial score (nSPS) is 10.4. The minimum absolute atomic E-state index is 0.0324. The van der Waals surface area contributed by atoms with Crippen LogP contribution in [0.5, 0.6) is 5.75 Å². The van der Waals surface area contributed by atoms with Crippen molar-refractivity contribution in [1.29, 1.82) is 0 Å². The first kappa shape index (κ1) is 13.8. The molecule has 0 unspecified atom stereocenters. The molecule has 0 fully saturated rings. The minimum atomic E-state index is -0.0487. The molecular formula is C14H11Cl2NO2. The molecule has 0 bridgehead atoms. The Kier molecular flexibility index (Phi) is 4.40. The number of rotatable bonds is 4. The molecule has 2 rings (SSSR count). The van der Waals surface area contributed by atoms with Crippen LogP contribution in [-0.4, -0.2) is 15.9 Å². The van der Waals surface area contributed by atoms with Crippen LogP contribution in [-0.2, 0) is 17.6 Å². The van der Waals surface area contributed by atoms with E-state index in [0.717, 1.165) is 5.56 Å². The van der Waals surface area contributed by atoms with Crippen LogP contribution in [0, 0.1) is 0 Å². The van der Waals surface area contributed by atoms with Gasteiger partial charge in [-0.15, -0.1) is 0 Å². The van der Waals surface area contributed by atoms with Crippen molar-refractivity contribution in [2.24, 2.45) is 0 Å². The molecular weight excluding hydrogens is 285 g/mol. The Morgan fingerprint density at radius 3 is 2.63 bits per heavy atom. The second-order valence-corrected chi connectivity index (χ2v) is 4.92. The van der Waals surface area contributed by atoms with Crippen molar-refractivity contribution in [3.63, 3.8) is 0 Å². The Hall–Kier alpha value is -1.58. The Bertz CT molecular complexity index is 614. The van der Waals surface area contributed by atoms with Gasteiger partial charge in [-0.3, -0.25) is 9.78 Å². The highest BCUT2D eigenvalue weighted by atomic mass is 35.5. The third-order valence-corrected chi connectivity index (χ3v) is 3.36. The van der Waals surface area contributed by atoms with Gasteiger partial charge in [0.25, 0.3) is 0 Å². The van der Waals surface area contributed by atoms with Crippen molar-refractivity contribution < 1.29 is 9.90 Å². The summed E-state index contributed by atoms with van der Waals surface area (Å²) in [6.07, 6.45) is 1.86. The lowest BCUT2D eigenvalue weighted by Crippen LogP contribution is -2.08. The number of nitrogens with zero attached hydrogens (tertiary/aromatic N) is 1. The predicted molar refractivity (Wildman–Crippen MR) is 74.8 cm³/mol. The number of halogens is 2. The highest BCUT2D eigenvalue weighted by Crippen LogP contribution is 2.23. The van der Waals surface area contributed by atoms with Gasteiger partial charge in [0.1, 0.15) is 11.5 Å². The molecule has 5 heteroatoms. The molecule has 19 heavy (non-hydrogen) atoms. The van der Waals surface area contributed by atoms with Gasteiger partial charge >= 0.3 is 0 Å². The summed E-state index contributed by atoms with van der Waals surface area (Å²) in [5.74, 6) is -0.0163.